The lowest BCUT2D eigenvalue weighted by molar-refractivity contribution is -0.136. The Kier molecular flexibility index (Phi) is 6.44. The number of rotatable bonds is 6. The van der Waals surface area contributed by atoms with Crippen molar-refractivity contribution in [2.75, 3.05) is 19.0 Å². The van der Waals surface area contributed by atoms with E-state index in [1.54, 1.807) is 19.2 Å². The molecule has 1 aliphatic rings. The van der Waals surface area contributed by atoms with Gasteiger partial charge in [0, 0.05) is 29.9 Å². The molecule has 0 aromatic rings. The minimum absolute atomic E-state index is 0.287. The molecule has 7 heteroatoms. The highest BCUT2D eigenvalue weighted by Gasteiger charge is 2.31. The van der Waals surface area contributed by atoms with Gasteiger partial charge in [-0.05, 0) is 13.0 Å². The summed E-state index contributed by atoms with van der Waals surface area (Å²) in [6.07, 6.45) is 4.31. The van der Waals surface area contributed by atoms with Crippen LogP contribution in [0.25, 0.3) is 0 Å². The molecule has 0 spiro atoms. The number of nitrogens with zero attached hydrogens (tertiary/aromatic N) is 1. The second kappa shape index (κ2) is 7.85. The van der Waals surface area contributed by atoms with Crippen molar-refractivity contribution in [3.05, 3.63) is 23.0 Å². The maximum Gasteiger partial charge on any atom is 0.339 e. The first-order valence-corrected chi connectivity index (χ1v) is 6.79. The lowest BCUT2D eigenvalue weighted by Gasteiger charge is -2.04. The van der Waals surface area contributed by atoms with E-state index in [0.29, 0.717) is 23.5 Å². The monoisotopic (exact) mass is 329 g/mol. The third-order valence-electron chi connectivity index (χ3n) is 2.41. The first kappa shape index (κ1) is 15.6. The summed E-state index contributed by atoms with van der Waals surface area (Å²) in [4.78, 5) is 21.0. The zero-order valence-electron chi connectivity index (χ0n) is 10.8. The average Bonchev–Trinajstić information content (AvgIpc) is 2.80. The van der Waals surface area contributed by atoms with Crippen LogP contribution in [0, 0.1) is 5.41 Å². The Hall–Kier alpha value is -1.47. The molecule has 1 atom stereocenters. The van der Waals surface area contributed by atoms with Gasteiger partial charge in [0.25, 0.3) is 0 Å². The van der Waals surface area contributed by atoms with Gasteiger partial charge in [-0.1, -0.05) is 15.9 Å². The van der Waals surface area contributed by atoms with E-state index in [2.05, 4.69) is 26.4 Å². The van der Waals surface area contributed by atoms with Crippen LogP contribution in [0.2, 0.25) is 0 Å². The molecule has 1 heterocycles. The van der Waals surface area contributed by atoms with Crippen LogP contribution in [0.4, 0.5) is 0 Å². The smallest absolute Gasteiger partial charge is 0.339 e. The summed E-state index contributed by atoms with van der Waals surface area (Å²) in [6.45, 7) is 2.42. The van der Waals surface area contributed by atoms with Crippen molar-refractivity contribution in [1.29, 1.82) is 5.41 Å². The topological polar surface area (TPSA) is 83.8 Å². The minimum Gasteiger partial charge on any atom is -0.466 e. The summed E-state index contributed by atoms with van der Waals surface area (Å²) < 4.78 is 4.71. The number of carbonyl (C=O) groups is 1. The van der Waals surface area contributed by atoms with Crippen molar-refractivity contribution in [1.82, 2.24) is 5.48 Å². The molecule has 1 unspecified atom stereocenters. The van der Waals surface area contributed by atoms with Crippen LogP contribution in [0.3, 0.4) is 0 Å². The fourth-order valence-corrected chi connectivity index (χ4v) is 1.70. The number of nitrogens with one attached hydrogen (secondary N) is 2. The van der Waals surface area contributed by atoms with E-state index >= 15 is 0 Å². The molecule has 1 rings (SSSR count). The highest BCUT2D eigenvalue weighted by atomic mass is 79.9. The lowest BCUT2D eigenvalue weighted by atomic mass is 10.0. The minimum atomic E-state index is -0.474. The Bertz CT molecular complexity index is 444. The average molecular weight is 330 g/mol. The number of ether oxygens (including phenoxy) is 1. The molecule has 6 nitrogen and oxygen atoms in total. The number of allylic oxidation sites excluding steroid dienone is 2. The molecule has 0 radical (unpaired) electrons. The molecule has 0 saturated carbocycles. The first-order valence-electron chi connectivity index (χ1n) is 5.67. The summed E-state index contributed by atoms with van der Waals surface area (Å²) in [5.74, 6) is -0.169. The van der Waals surface area contributed by atoms with Crippen molar-refractivity contribution in [3.8, 4) is 0 Å². The maximum atomic E-state index is 11.7. The molecule has 2 N–H and O–H groups in total. The third-order valence-corrected chi connectivity index (χ3v) is 2.77. The number of halogens is 1. The van der Waals surface area contributed by atoms with Crippen LogP contribution < -0.4 is 5.48 Å². The molecule has 0 aromatic heterocycles. The van der Waals surface area contributed by atoms with Gasteiger partial charge in [0.1, 0.15) is 5.57 Å². The second-order valence-electron chi connectivity index (χ2n) is 3.69. The predicted molar refractivity (Wildman–Crippen MR) is 76.7 cm³/mol. The van der Waals surface area contributed by atoms with Crippen LogP contribution in [-0.2, 0) is 14.4 Å². The SMILES string of the molecule is COC(=O)C1=C(C(C=N)=CC=NCCBr)ONC1C. The van der Waals surface area contributed by atoms with Gasteiger partial charge < -0.3 is 15.0 Å². The van der Waals surface area contributed by atoms with Crippen molar-refractivity contribution in [2.45, 2.75) is 13.0 Å². The molecule has 1 aliphatic heterocycles. The Morgan fingerprint density at radius 1 is 1.68 bits per heavy atom. The zero-order chi connectivity index (χ0) is 14.3. The summed E-state index contributed by atoms with van der Waals surface area (Å²) >= 11 is 3.26. The molecular weight excluding hydrogens is 314 g/mol. The van der Waals surface area contributed by atoms with Crippen LogP contribution in [0.1, 0.15) is 6.92 Å². The molecular formula is C12H16BrN3O3. The third kappa shape index (κ3) is 4.00. The fourth-order valence-electron chi connectivity index (χ4n) is 1.50. The Labute approximate surface area is 120 Å². The van der Waals surface area contributed by atoms with E-state index in [1.165, 1.54) is 7.11 Å². The van der Waals surface area contributed by atoms with Crippen LogP contribution in [-0.4, -0.2) is 43.4 Å². The van der Waals surface area contributed by atoms with Crippen LogP contribution in [0.5, 0.6) is 0 Å². The standard InChI is InChI=1S/C12H16BrN3O3/c1-8-10(12(17)18-2)11(19-16-8)9(7-14)3-5-15-6-4-13/h3,5,7-8,14,16H,4,6H2,1-2H3. The highest BCUT2D eigenvalue weighted by molar-refractivity contribution is 9.09. The largest absolute Gasteiger partial charge is 0.466 e. The lowest BCUT2D eigenvalue weighted by Crippen LogP contribution is -2.23. The van der Waals surface area contributed by atoms with E-state index in [0.717, 1.165) is 11.5 Å². The van der Waals surface area contributed by atoms with Gasteiger partial charge in [0.15, 0.2) is 5.76 Å². The Morgan fingerprint density at radius 2 is 2.42 bits per heavy atom. The molecule has 0 amide bonds. The van der Waals surface area contributed by atoms with E-state index < -0.39 is 5.97 Å². The van der Waals surface area contributed by atoms with E-state index in [-0.39, 0.29) is 6.04 Å². The van der Waals surface area contributed by atoms with Gasteiger partial charge in [-0.3, -0.25) is 4.99 Å². The Morgan fingerprint density at radius 3 is 3.00 bits per heavy atom. The number of esters is 1. The normalized spacial score (nSPS) is 19.7. The summed E-state index contributed by atoms with van der Waals surface area (Å²) in [6, 6.07) is -0.287. The number of hydrogen-bond acceptors (Lipinski definition) is 6. The number of methoxy groups -OCH3 is 1. The number of aliphatic imine (C=N–C) groups is 1. The van der Waals surface area contributed by atoms with Gasteiger partial charge in [-0.25, -0.2) is 4.79 Å². The Balaban J connectivity index is 3.04. The first-order chi connectivity index (χ1) is 9.15. The quantitative estimate of drug-likeness (QED) is 0.438. The van der Waals surface area contributed by atoms with E-state index in [4.69, 9.17) is 15.0 Å². The molecule has 104 valence electrons. The van der Waals surface area contributed by atoms with Crippen LogP contribution in [0.15, 0.2) is 28.0 Å². The van der Waals surface area contributed by atoms with Gasteiger partial charge in [-0.2, -0.15) is 0 Å². The number of alkyl halides is 1. The second-order valence-corrected chi connectivity index (χ2v) is 4.48. The summed E-state index contributed by atoms with van der Waals surface area (Å²) in [5, 5.41) is 8.17. The highest BCUT2D eigenvalue weighted by Crippen LogP contribution is 2.23. The van der Waals surface area contributed by atoms with Crippen molar-refractivity contribution >= 4 is 34.3 Å². The van der Waals surface area contributed by atoms with Gasteiger partial charge in [0.05, 0.1) is 13.2 Å². The maximum absolute atomic E-state index is 11.7. The van der Waals surface area contributed by atoms with Gasteiger partial charge >= 0.3 is 5.97 Å². The number of hydroxylamine groups is 1. The predicted octanol–water partition coefficient (Wildman–Crippen LogP) is 1.38. The number of carbonyl (C=O) groups excluding carboxylic acids is 1. The van der Waals surface area contributed by atoms with Crippen molar-refractivity contribution in [2.24, 2.45) is 4.99 Å². The molecule has 0 saturated heterocycles. The molecule has 0 aromatic carbocycles. The summed E-state index contributed by atoms with van der Waals surface area (Å²) in [7, 11) is 1.31. The molecule has 0 fully saturated rings. The molecule has 0 bridgehead atoms. The van der Waals surface area contributed by atoms with Crippen molar-refractivity contribution in [3.63, 3.8) is 0 Å². The van der Waals surface area contributed by atoms with Crippen molar-refractivity contribution < 1.29 is 14.4 Å². The fraction of sp³-hybridized carbons (Fsp3) is 0.417. The van der Waals surface area contributed by atoms with E-state index in [1.807, 2.05) is 0 Å². The van der Waals surface area contributed by atoms with E-state index in [9.17, 15) is 4.79 Å². The summed E-state index contributed by atoms with van der Waals surface area (Å²) in [5.41, 5.74) is 3.50. The zero-order valence-corrected chi connectivity index (χ0v) is 12.4. The molecule has 19 heavy (non-hydrogen) atoms. The molecule has 0 aliphatic carbocycles. The van der Waals surface area contributed by atoms with Gasteiger partial charge in [0.2, 0.25) is 0 Å². The van der Waals surface area contributed by atoms with Gasteiger partial charge in [-0.15, -0.1) is 5.48 Å². The number of hydrogen-bond donors (Lipinski definition) is 2. The van der Waals surface area contributed by atoms with Crippen LogP contribution >= 0.6 is 15.9 Å².